The number of halogens is 1. The summed E-state index contributed by atoms with van der Waals surface area (Å²) < 4.78 is 34.0. The van der Waals surface area contributed by atoms with Crippen LogP contribution in [0, 0.1) is 0 Å². The summed E-state index contributed by atoms with van der Waals surface area (Å²) >= 11 is 6.39. The molecule has 0 aromatic heterocycles. The van der Waals surface area contributed by atoms with Crippen molar-refractivity contribution >= 4 is 33.2 Å². The molecule has 1 N–H and O–H groups in total. The number of nitrogens with one attached hydrogen (secondary N) is 1. The maximum absolute atomic E-state index is 14.0. The molecule has 3 aromatic carbocycles. The smallest absolute Gasteiger partial charge is 0.295 e. The topological polar surface area (TPSA) is 91.4 Å². The molecular formula is C33H41ClN4O5S. The fourth-order valence-corrected chi connectivity index (χ4v) is 7.57. The zero-order valence-electron chi connectivity index (χ0n) is 25.4. The molecule has 0 unspecified atom stereocenters. The first-order valence-electron chi connectivity index (χ1n) is 15.3. The highest BCUT2D eigenvalue weighted by Gasteiger charge is 2.43. The van der Waals surface area contributed by atoms with Crippen molar-refractivity contribution < 1.29 is 22.8 Å². The number of likely N-dealkylation sites (tertiary alicyclic amines) is 2. The molecule has 0 spiro atoms. The minimum atomic E-state index is -4.23. The second-order valence-corrected chi connectivity index (χ2v) is 13.4. The number of sulfonamides is 1. The van der Waals surface area contributed by atoms with Crippen LogP contribution in [-0.2, 0) is 10.0 Å². The van der Waals surface area contributed by atoms with Crippen molar-refractivity contribution in [1.82, 2.24) is 15.1 Å². The molecular weight excluding hydrogens is 600 g/mol. The van der Waals surface area contributed by atoms with Gasteiger partial charge >= 0.3 is 0 Å². The summed E-state index contributed by atoms with van der Waals surface area (Å²) in [6, 6.07) is 19.2. The first kappa shape index (κ1) is 32.1. The van der Waals surface area contributed by atoms with E-state index in [4.69, 9.17) is 21.2 Å². The Balaban J connectivity index is 1.41. The van der Waals surface area contributed by atoms with E-state index < -0.39 is 15.8 Å². The number of benzene rings is 3. The highest BCUT2D eigenvalue weighted by atomic mass is 35.5. The zero-order chi connectivity index (χ0) is 31.2. The molecule has 236 valence electrons. The van der Waals surface area contributed by atoms with Gasteiger partial charge in [0, 0.05) is 37.8 Å². The molecule has 5 rings (SSSR count). The van der Waals surface area contributed by atoms with Crippen LogP contribution in [0.15, 0.2) is 77.7 Å². The maximum atomic E-state index is 14.0. The monoisotopic (exact) mass is 640 g/mol. The Morgan fingerprint density at radius 3 is 2.00 bits per heavy atom. The van der Waals surface area contributed by atoms with Crippen LogP contribution in [0.25, 0.3) is 0 Å². The fourth-order valence-electron chi connectivity index (χ4n) is 6.11. The van der Waals surface area contributed by atoms with Crippen molar-refractivity contribution in [2.75, 3.05) is 37.8 Å². The van der Waals surface area contributed by atoms with Crippen LogP contribution in [0.1, 0.15) is 62.2 Å². The van der Waals surface area contributed by atoms with E-state index in [9.17, 15) is 13.2 Å². The number of carbonyl (C=O) groups is 1. The molecule has 1 amide bonds. The lowest BCUT2D eigenvalue weighted by molar-refractivity contribution is -0.0970. The molecule has 11 heteroatoms. The lowest BCUT2D eigenvalue weighted by Crippen LogP contribution is -2.71. The minimum Gasteiger partial charge on any atom is -0.497 e. The van der Waals surface area contributed by atoms with Crippen LogP contribution in [0.3, 0.4) is 0 Å². The van der Waals surface area contributed by atoms with Crippen molar-refractivity contribution in [1.29, 1.82) is 0 Å². The number of nitrogens with zero attached hydrogens (tertiary/aromatic N) is 3. The SMILES string of the molecule is CCC(NC(=O)c1ccc(S(=O)(=O)N(Oc2ccc(OC)cc2Cl)c2ccccc2)cc1)(N1CCCCC1)N1CCCCC1. The van der Waals surface area contributed by atoms with E-state index in [1.165, 1.54) is 32.1 Å². The number of hydrogen-bond donors (Lipinski definition) is 1. The van der Waals surface area contributed by atoms with Gasteiger partial charge in [-0.15, -0.1) is 0 Å². The molecule has 0 bridgehead atoms. The second-order valence-electron chi connectivity index (χ2n) is 11.2. The van der Waals surface area contributed by atoms with Gasteiger partial charge in [0.05, 0.1) is 22.7 Å². The zero-order valence-corrected chi connectivity index (χ0v) is 26.9. The van der Waals surface area contributed by atoms with Gasteiger partial charge in [-0.3, -0.25) is 14.6 Å². The van der Waals surface area contributed by atoms with E-state index in [-0.39, 0.29) is 27.3 Å². The van der Waals surface area contributed by atoms with Gasteiger partial charge in [0.2, 0.25) is 0 Å². The number of carbonyl (C=O) groups excluding carboxylic acids is 1. The van der Waals surface area contributed by atoms with Crippen LogP contribution in [0.5, 0.6) is 11.5 Å². The van der Waals surface area contributed by atoms with Crippen molar-refractivity contribution in [2.24, 2.45) is 0 Å². The molecule has 0 saturated carbocycles. The molecule has 0 aliphatic carbocycles. The van der Waals surface area contributed by atoms with Gasteiger partial charge in [-0.05, 0) is 80.6 Å². The third-order valence-electron chi connectivity index (χ3n) is 8.49. The quantitative estimate of drug-likeness (QED) is 0.246. The van der Waals surface area contributed by atoms with E-state index in [0.29, 0.717) is 11.3 Å². The van der Waals surface area contributed by atoms with Crippen LogP contribution >= 0.6 is 11.6 Å². The number of piperidine rings is 2. The van der Waals surface area contributed by atoms with Gasteiger partial charge in [0.15, 0.2) is 11.5 Å². The van der Waals surface area contributed by atoms with Gasteiger partial charge in [0.1, 0.15) is 5.75 Å². The largest absolute Gasteiger partial charge is 0.497 e. The Kier molecular flexibility index (Phi) is 10.4. The molecule has 2 saturated heterocycles. The molecule has 2 aliphatic heterocycles. The highest BCUT2D eigenvalue weighted by Crippen LogP contribution is 2.33. The molecule has 44 heavy (non-hydrogen) atoms. The Bertz CT molecular complexity index is 1490. The fraction of sp³-hybridized carbons (Fsp3) is 0.424. The summed E-state index contributed by atoms with van der Waals surface area (Å²) in [7, 11) is -2.71. The first-order valence-corrected chi connectivity index (χ1v) is 17.1. The predicted octanol–water partition coefficient (Wildman–Crippen LogP) is 6.30. The standard InChI is InChI=1S/C33H41ClN4O5S/c1-3-33(36-21-9-5-10-22-36,37-23-11-6-12-24-37)35-32(39)26-15-18-29(19-16-26)44(40,41)38(27-13-7-4-8-14-27)43-31-20-17-28(42-2)25-30(31)34/h4,7-8,13-20,25H,3,5-6,9-12,21-24H2,1-2H3,(H,35,39). The number of para-hydroxylation sites is 1. The number of rotatable bonds is 11. The van der Waals surface area contributed by atoms with Crippen LogP contribution in [0.4, 0.5) is 5.69 Å². The van der Waals surface area contributed by atoms with E-state index in [0.717, 1.165) is 62.8 Å². The van der Waals surface area contributed by atoms with E-state index >= 15 is 0 Å². The van der Waals surface area contributed by atoms with E-state index in [2.05, 4.69) is 22.0 Å². The molecule has 0 atom stereocenters. The van der Waals surface area contributed by atoms with Crippen molar-refractivity contribution in [3.05, 3.63) is 83.4 Å². The van der Waals surface area contributed by atoms with E-state index in [1.807, 2.05) is 0 Å². The molecule has 2 heterocycles. The third-order valence-corrected chi connectivity index (χ3v) is 10.4. The third kappa shape index (κ3) is 6.83. The summed E-state index contributed by atoms with van der Waals surface area (Å²) in [6.45, 7) is 5.89. The number of ether oxygens (including phenoxy) is 1. The van der Waals surface area contributed by atoms with Crippen molar-refractivity contribution in [3.63, 3.8) is 0 Å². The van der Waals surface area contributed by atoms with Crippen LogP contribution < -0.4 is 19.4 Å². The predicted molar refractivity (Wildman–Crippen MR) is 173 cm³/mol. The summed E-state index contributed by atoms with van der Waals surface area (Å²) in [5, 5.41) is 3.58. The Morgan fingerprint density at radius 2 is 1.48 bits per heavy atom. The maximum Gasteiger partial charge on any atom is 0.295 e. The summed E-state index contributed by atoms with van der Waals surface area (Å²) in [6.07, 6.45) is 7.60. The number of amides is 1. The van der Waals surface area contributed by atoms with E-state index in [1.54, 1.807) is 60.7 Å². The number of hydrogen-bond acceptors (Lipinski definition) is 7. The molecule has 3 aromatic rings. The van der Waals surface area contributed by atoms with Crippen LogP contribution in [0.2, 0.25) is 5.02 Å². The molecule has 2 fully saturated rings. The summed E-state index contributed by atoms with van der Waals surface area (Å²) in [4.78, 5) is 24.5. The van der Waals surface area contributed by atoms with Gasteiger partial charge in [-0.1, -0.05) is 54.0 Å². The van der Waals surface area contributed by atoms with Gasteiger partial charge in [0.25, 0.3) is 15.9 Å². The number of anilines is 1. The highest BCUT2D eigenvalue weighted by molar-refractivity contribution is 7.92. The summed E-state index contributed by atoms with van der Waals surface area (Å²) in [5.41, 5.74) is 0.679. The second kappa shape index (κ2) is 14.2. The first-order chi connectivity index (χ1) is 21.3. The van der Waals surface area contributed by atoms with Gasteiger partial charge in [-0.25, -0.2) is 0 Å². The van der Waals surface area contributed by atoms with Crippen molar-refractivity contribution in [2.45, 2.75) is 62.6 Å². The Morgan fingerprint density at radius 1 is 0.886 bits per heavy atom. The Labute approximate surface area is 265 Å². The van der Waals surface area contributed by atoms with Gasteiger partial charge in [-0.2, -0.15) is 8.42 Å². The van der Waals surface area contributed by atoms with Gasteiger partial charge < -0.3 is 14.9 Å². The van der Waals surface area contributed by atoms with Crippen molar-refractivity contribution in [3.8, 4) is 11.5 Å². The number of methoxy groups -OCH3 is 1. The molecule has 0 radical (unpaired) electrons. The normalized spacial score (nSPS) is 16.7. The molecule has 9 nitrogen and oxygen atoms in total. The average molecular weight is 641 g/mol. The summed E-state index contributed by atoms with van der Waals surface area (Å²) in [5.74, 6) is -0.147. The lowest BCUT2D eigenvalue weighted by atomic mass is 10.0. The van der Waals surface area contributed by atoms with Crippen LogP contribution in [-0.4, -0.2) is 63.2 Å². The Hall–Kier alpha value is -3.31. The average Bonchev–Trinajstić information content (AvgIpc) is 3.07. The minimum absolute atomic E-state index is 0.0312. The lowest BCUT2D eigenvalue weighted by Gasteiger charge is -2.53. The molecule has 2 aliphatic rings.